The van der Waals surface area contributed by atoms with Gasteiger partial charge in [0, 0.05) is 18.7 Å². The van der Waals surface area contributed by atoms with Gasteiger partial charge < -0.3 is 15.1 Å². The van der Waals surface area contributed by atoms with Crippen molar-refractivity contribution in [2.24, 2.45) is 0 Å². The van der Waals surface area contributed by atoms with Gasteiger partial charge >= 0.3 is 0 Å². The lowest BCUT2D eigenvalue weighted by atomic mass is 10.1. The van der Waals surface area contributed by atoms with Crippen LogP contribution in [0.15, 0.2) is 30.9 Å². The number of halogens is 1. The van der Waals surface area contributed by atoms with E-state index in [2.05, 4.69) is 6.58 Å². The van der Waals surface area contributed by atoms with Crippen LogP contribution in [0.3, 0.4) is 0 Å². The maximum atomic E-state index is 13.8. The quantitative estimate of drug-likeness (QED) is 0.745. The first-order valence-electron chi connectivity index (χ1n) is 5.55. The Hall–Kier alpha value is -1.39. The van der Waals surface area contributed by atoms with Gasteiger partial charge in [-0.25, -0.2) is 4.39 Å². The minimum Gasteiger partial charge on any atom is -0.395 e. The lowest BCUT2D eigenvalue weighted by Crippen LogP contribution is -2.29. The Morgan fingerprint density at radius 1 is 1.53 bits per heavy atom. The highest BCUT2D eigenvalue weighted by Crippen LogP contribution is 2.29. The van der Waals surface area contributed by atoms with Crippen molar-refractivity contribution < 1.29 is 14.6 Å². The molecule has 1 atom stereocenters. The molecule has 17 heavy (non-hydrogen) atoms. The maximum Gasteiger partial charge on any atom is 0.146 e. The Kier molecular flexibility index (Phi) is 5.12. The summed E-state index contributed by atoms with van der Waals surface area (Å²) in [7, 11) is 0. The summed E-state index contributed by atoms with van der Waals surface area (Å²) in [6.45, 7) is 5.83. The molecule has 0 amide bonds. The van der Waals surface area contributed by atoms with E-state index in [0.29, 0.717) is 24.3 Å². The van der Waals surface area contributed by atoms with Crippen LogP contribution in [0.25, 0.3) is 0 Å². The molecule has 0 aliphatic carbocycles. The fraction of sp³-hybridized carbons (Fsp3) is 0.385. The zero-order valence-corrected chi connectivity index (χ0v) is 9.93. The van der Waals surface area contributed by atoms with E-state index < -0.39 is 11.9 Å². The molecular weight excluding hydrogens is 221 g/mol. The van der Waals surface area contributed by atoms with E-state index in [1.807, 2.05) is 0 Å². The summed E-state index contributed by atoms with van der Waals surface area (Å²) in [5.74, 6) is -0.404. The van der Waals surface area contributed by atoms with Crippen LogP contribution in [0.4, 0.5) is 10.1 Å². The van der Waals surface area contributed by atoms with Gasteiger partial charge in [0.05, 0.1) is 18.4 Å². The lowest BCUT2D eigenvalue weighted by molar-refractivity contribution is 0.199. The second kappa shape index (κ2) is 6.37. The molecule has 0 spiro atoms. The van der Waals surface area contributed by atoms with E-state index in [0.717, 1.165) is 0 Å². The minimum atomic E-state index is -0.758. The molecule has 2 N–H and O–H groups in total. The molecule has 0 aliphatic rings. The predicted molar refractivity (Wildman–Crippen MR) is 66.5 cm³/mol. The first kappa shape index (κ1) is 13.7. The van der Waals surface area contributed by atoms with Crippen molar-refractivity contribution in [1.82, 2.24) is 0 Å². The normalized spacial score (nSPS) is 12.2. The summed E-state index contributed by atoms with van der Waals surface area (Å²) >= 11 is 0. The number of aliphatic hydroxyl groups is 2. The molecule has 4 heteroatoms. The van der Waals surface area contributed by atoms with Gasteiger partial charge in [-0.05, 0) is 13.0 Å². The molecule has 1 aromatic rings. The number of hydrogen-bond acceptors (Lipinski definition) is 3. The molecule has 0 saturated carbocycles. The second-order valence-electron chi connectivity index (χ2n) is 3.81. The largest absolute Gasteiger partial charge is 0.395 e. The van der Waals surface area contributed by atoms with E-state index in [1.54, 1.807) is 30.0 Å². The fourth-order valence-electron chi connectivity index (χ4n) is 1.77. The first-order valence-corrected chi connectivity index (χ1v) is 5.55. The number of hydrogen-bond donors (Lipinski definition) is 2. The van der Waals surface area contributed by atoms with Crippen molar-refractivity contribution in [3.8, 4) is 0 Å². The van der Waals surface area contributed by atoms with Crippen LogP contribution < -0.4 is 4.90 Å². The van der Waals surface area contributed by atoms with Gasteiger partial charge in [-0.15, -0.1) is 6.58 Å². The highest BCUT2D eigenvalue weighted by molar-refractivity contribution is 5.56. The third-order valence-electron chi connectivity index (χ3n) is 2.50. The summed E-state index contributed by atoms with van der Waals surface area (Å²) in [5.41, 5.74) is 0.844. The van der Waals surface area contributed by atoms with Crippen LogP contribution >= 0.6 is 0 Å². The molecule has 94 valence electrons. The number of rotatable bonds is 6. The predicted octanol–water partition coefficient (Wildman–Crippen LogP) is 1.86. The van der Waals surface area contributed by atoms with Crippen molar-refractivity contribution in [2.75, 3.05) is 24.6 Å². The van der Waals surface area contributed by atoms with Gasteiger partial charge in [0.2, 0.25) is 0 Å². The molecule has 1 rings (SSSR count). The molecule has 0 radical (unpaired) electrons. The van der Waals surface area contributed by atoms with Crippen molar-refractivity contribution in [1.29, 1.82) is 0 Å². The van der Waals surface area contributed by atoms with Crippen LogP contribution in [0.1, 0.15) is 18.6 Å². The van der Waals surface area contributed by atoms with E-state index >= 15 is 0 Å². The Balaban J connectivity index is 3.19. The Labute approximate surface area is 101 Å². The van der Waals surface area contributed by atoms with Crippen LogP contribution in [0, 0.1) is 5.82 Å². The summed E-state index contributed by atoms with van der Waals surface area (Å²) in [6, 6.07) is 4.58. The molecule has 1 aromatic carbocycles. The SMILES string of the molecule is C=CCN(CCO)c1c(F)cccc1[C@H](C)O. The third kappa shape index (κ3) is 3.28. The van der Waals surface area contributed by atoms with Crippen molar-refractivity contribution >= 4 is 5.69 Å². The van der Waals surface area contributed by atoms with Crippen molar-refractivity contribution in [3.63, 3.8) is 0 Å². The second-order valence-corrected chi connectivity index (χ2v) is 3.81. The van der Waals surface area contributed by atoms with Gasteiger partial charge in [-0.2, -0.15) is 0 Å². The molecule has 0 saturated heterocycles. The number of aliphatic hydroxyl groups excluding tert-OH is 2. The van der Waals surface area contributed by atoms with Crippen LogP contribution in [0.2, 0.25) is 0 Å². The van der Waals surface area contributed by atoms with E-state index in [4.69, 9.17) is 5.11 Å². The standard InChI is InChI=1S/C13H18FNO2/c1-3-7-15(8-9-16)13-11(10(2)17)5-4-6-12(13)14/h3-6,10,16-17H,1,7-9H2,2H3/t10-/m0/s1. The topological polar surface area (TPSA) is 43.7 Å². The fourth-order valence-corrected chi connectivity index (χ4v) is 1.77. The molecule has 0 unspecified atom stereocenters. The number of anilines is 1. The molecular formula is C13H18FNO2. The van der Waals surface area contributed by atoms with Crippen molar-refractivity contribution in [3.05, 3.63) is 42.2 Å². The summed E-state index contributed by atoms with van der Waals surface area (Å²) in [6.07, 6.45) is 0.875. The highest BCUT2D eigenvalue weighted by atomic mass is 19.1. The van der Waals surface area contributed by atoms with E-state index in [9.17, 15) is 9.50 Å². The molecule has 0 heterocycles. The Morgan fingerprint density at radius 2 is 2.24 bits per heavy atom. The molecule has 0 aromatic heterocycles. The molecule has 0 fully saturated rings. The summed E-state index contributed by atoms with van der Waals surface area (Å²) < 4.78 is 13.8. The molecule has 0 bridgehead atoms. The molecule has 3 nitrogen and oxygen atoms in total. The maximum absolute atomic E-state index is 13.8. The minimum absolute atomic E-state index is 0.0819. The first-order chi connectivity index (χ1) is 8.11. The summed E-state index contributed by atoms with van der Waals surface area (Å²) in [5, 5.41) is 18.6. The van der Waals surface area contributed by atoms with E-state index in [1.165, 1.54) is 6.07 Å². The van der Waals surface area contributed by atoms with Gasteiger partial charge in [0.15, 0.2) is 0 Å². The van der Waals surface area contributed by atoms with Crippen LogP contribution in [-0.4, -0.2) is 29.9 Å². The van der Waals surface area contributed by atoms with Gasteiger partial charge in [0.25, 0.3) is 0 Å². The van der Waals surface area contributed by atoms with Gasteiger partial charge in [0.1, 0.15) is 5.82 Å². The zero-order chi connectivity index (χ0) is 12.8. The third-order valence-corrected chi connectivity index (χ3v) is 2.50. The number of benzene rings is 1. The number of nitrogens with zero attached hydrogens (tertiary/aromatic N) is 1. The Bertz CT molecular complexity index is 380. The van der Waals surface area contributed by atoms with Gasteiger partial charge in [-0.3, -0.25) is 0 Å². The van der Waals surface area contributed by atoms with Crippen LogP contribution in [-0.2, 0) is 0 Å². The highest BCUT2D eigenvalue weighted by Gasteiger charge is 2.17. The average Bonchev–Trinajstić information content (AvgIpc) is 2.28. The van der Waals surface area contributed by atoms with Crippen LogP contribution in [0.5, 0.6) is 0 Å². The number of para-hydroxylation sites is 1. The monoisotopic (exact) mass is 239 g/mol. The Morgan fingerprint density at radius 3 is 2.76 bits per heavy atom. The average molecular weight is 239 g/mol. The van der Waals surface area contributed by atoms with Crippen molar-refractivity contribution in [2.45, 2.75) is 13.0 Å². The summed E-state index contributed by atoms with van der Waals surface area (Å²) in [4.78, 5) is 1.66. The zero-order valence-electron chi connectivity index (χ0n) is 9.93. The van der Waals surface area contributed by atoms with E-state index in [-0.39, 0.29) is 6.61 Å². The van der Waals surface area contributed by atoms with Gasteiger partial charge in [-0.1, -0.05) is 18.2 Å². The lowest BCUT2D eigenvalue weighted by Gasteiger charge is -2.26. The molecule has 0 aliphatic heterocycles. The smallest absolute Gasteiger partial charge is 0.146 e.